The maximum atomic E-state index is 13.2. The Labute approximate surface area is 187 Å². The number of carbonyl (C=O) groups is 1. The second-order valence-electron chi connectivity index (χ2n) is 7.02. The number of anilines is 1. The lowest BCUT2D eigenvalue weighted by atomic mass is 9.97. The van der Waals surface area contributed by atoms with Crippen molar-refractivity contribution in [2.45, 2.75) is 44.3 Å². The molecule has 1 aliphatic rings. The predicted octanol–water partition coefficient (Wildman–Crippen LogP) is 4.75. The van der Waals surface area contributed by atoms with Crippen LogP contribution in [0.1, 0.15) is 30.2 Å². The van der Waals surface area contributed by atoms with Crippen molar-refractivity contribution < 1.29 is 9.53 Å². The standard InChI is InChI=1S/C21H22ClN3O3S2/c1-3-25-20(27)18-13-6-4-5-7-16(13)30-19(18)24-21(25)29-11-17(26)23-14-10-12(22)8-9-15(14)28-2/h8-10H,3-7,11H2,1-2H3,(H,23,26). The fraction of sp³-hybridized carbons (Fsp3) is 0.381. The molecule has 4 rings (SSSR count). The number of benzene rings is 1. The number of ether oxygens (including phenoxy) is 1. The number of amides is 1. The van der Waals surface area contributed by atoms with Gasteiger partial charge < -0.3 is 10.1 Å². The summed E-state index contributed by atoms with van der Waals surface area (Å²) >= 11 is 8.91. The Morgan fingerprint density at radius 3 is 2.93 bits per heavy atom. The Morgan fingerprint density at radius 1 is 1.37 bits per heavy atom. The van der Waals surface area contributed by atoms with Crippen molar-refractivity contribution in [2.75, 3.05) is 18.2 Å². The molecule has 6 nitrogen and oxygen atoms in total. The van der Waals surface area contributed by atoms with Crippen LogP contribution in [0.3, 0.4) is 0 Å². The van der Waals surface area contributed by atoms with E-state index in [1.54, 1.807) is 34.1 Å². The molecule has 1 N–H and O–H groups in total. The molecular weight excluding hydrogens is 442 g/mol. The molecule has 0 saturated heterocycles. The van der Waals surface area contributed by atoms with Crippen LogP contribution in [0.25, 0.3) is 10.2 Å². The molecule has 1 aromatic carbocycles. The third-order valence-corrected chi connectivity index (χ3v) is 7.52. The summed E-state index contributed by atoms with van der Waals surface area (Å²) in [5.41, 5.74) is 1.70. The van der Waals surface area contributed by atoms with E-state index >= 15 is 0 Å². The first kappa shape index (κ1) is 21.2. The number of halogens is 1. The van der Waals surface area contributed by atoms with E-state index in [1.165, 1.54) is 29.3 Å². The van der Waals surface area contributed by atoms with Crippen molar-refractivity contribution >= 4 is 56.5 Å². The molecule has 9 heteroatoms. The van der Waals surface area contributed by atoms with Gasteiger partial charge in [-0.3, -0.25) is 14.2 Å². The van der Waals surface area contributed by atoms with Crippen LogP contribution in [-0.2, 0) is 24.2 Å². The number of carbonyl (C=O) groups excluding carboxylic acids is 1. The van der Waals surface area contributed by atoms with E-state index in [4.69, 9.17) is 21.3 Å². The van der Waals surface area contributed by atoms with E-state index in [2.05, 4.69) is 5.32 Å². The van der Waals surface area contributed by atoms with Crippen LogP contribution in [0.15, 0.2) is 28.2 Å². The van der Waals surface area contributed by atoms with E-state index in [9.17, 15) is 9.59 Å². The van der Waals surface area contributed by atoms with Crippen molar-refractivity contribution in [2.24, 2.45) is 0 Å². The number of aromatic nitrogens is 2. The first-order valence-corrected chi connectivity index (χ1v) is 12.0. The minimum Gasteiger partial charge on any atom is -0.495 e. The molecule has 2 heterocycles. The Morgan fingerprint density at radius 2 is 2.17 bits per heavy atom. The van der Waals surface area contributed by atoms with Crippen LogP contribution < -0.4 is 15.6 Å². The molecule has 0 aliphatic heterocycles. The number of hydrogen-bond acceptors (Lipinski definition) is 6. The SMILES string of the molecule is CCn1c(SCC(=O)Nc2cc(Cl)ccc2OC)nc2sc3c(c2c1=O)CCCC3. The summed E-state index contributed by atoms with van der Waals surface area (Å²) < 4.78 is 6.94. The molecule has 158 valence electrons. The van der Waals surface area contributed by atoms with E-state index in [-0.39, 0.29) is 17.2 Å². The zero-order valence-corrected chi connectivity index (χ0v) is 19.2. The maximum absolute atomic E-state index is 13.2. The van der Waals surface area contributed by atoms with Gasteiger partial charge in [0.2, 0.25) is 5.91 Å². The minimum absolute atomic E-state index is 0.00122. The molecule has 0 fully saturated rings. The molecule has 0 saturated carbocycles. The molecule has 3 aromatic rings. The topological polar surface area (TPSA) is 73.2 Å². The summed E-state index contributed by atoms with van der Waals surface area (Å²) in [6, 6.07) is 5.05. The first-order chi connectivity index (χ1) is 14.5. The van der Waals surface area contributed by atoms with Crippen LogP contribution in [-0.4, -0.2) is 28.3 Å². The molecule has 1 aliphatic carbocycles. The molecule has 1 amide bonds. The van der Waals surface area contributed by atoms with E-state index in [0.717, 1.165) is 35.9 Å². The summed E-state index contributed by atoms with van der Waals surface area (Å²) in [7, 11) is 1.54. The van der Waals surface area contributed by atoms with Crippen molar-refractivity contribution in [1.29, 1.82) is 0 Å². The second-order valence-corrected chi connectivity index (χ2v) is 9.48. The largest absolute Gasteiger partial charge is 0.495 e. The van der Waals surface area contributed by atoms with E-state index < -0.39 is 0 Å². The number of thiophene rings is 1. The molecule has 0 unspecified atom stereocenters. The Hall–Kier alpha value is -2.03. The van der Waals surface area contributed by atoms with Gasteiger partial charge in [0.05, 0.1) is 23.9 Å². The van der Waals surface area contributed by atoms with Crippen LogP contribution in [0.5, 0.6) is 5.75 Å². The van der Waals surface area contributed by atoms with Crippen LogP contribution >= 0.6 is 34.7 Å². The van der Waals surface area contributed by atoms with Crippen molar-refractivity contribution in [3.05, 3.63) is 44.0 Å². The van der Waals surface area contributed by atoms with Crippen LogP contribution in [0, 0.1) is 0 Å². The number of aryl methyl sites for hydroxylation is 2. The van der Waals surface area contributed by atoms with Crippen LogP contribution in [0.4, 0.5) is 5.69 Å². The van der Waals surface area contributed by atoms with Gasteiger partial charge in [0.1, 0.15) is 10.6 Å². The van der Waals surface area contributed by atoms with Crippen molar-refractivity contribution in [1.82, 2.24) is 9.55 Å². The van der Waals surface area contributed by atoms with Gasteiger partial charge in [0.25, 0.3) is 5.56 Å². The average Bonchev–Trinajstić information content (AvgIpc) is 3.11. The number of fused-ring (bicyclic) bond motifs is 3. The molecule has 0 spiro atoms. The molecular formula is C21H22ClN3O3S2. The summed E-state index contributed by atoms with van der Waals surface area (Å²) in [5, 5.41) is 4.67. The number of methoxy groups -OCH3 is 1. The van der Waals surface area contributed by atoms with Crippen molar-refractivity contribution in [3.8, 4) is 5.75 Å². The van der Waals surface area contributed by atoms with Gasteiger partial charge in [0.15, 0.2) is 5.16 Å². The van der Waals surface area contributed by atoms with E-state index in [1.807, 2.05) is 6.92 Å². The van der Waals surface area contributed by atoms with Gasteiger partial charge >= 0.3 is 0 Å². The molecule has 0 bridgehead atoms. The maximum Gasteiger partial charge on any atom is 0.263 e. The lowest BCUT2D eigenvalue weighted by molar-refractivity contribution is -0.113. The van der Waals surface area contributed by atoms with Gasteiger partial charge in [-0.2, -0.15) is 0 Å². The number of rotatable bonds is 6. The second kappa shape index (κ2) is 8.99. The highest BCUT2D eigenvalue weighted by Gasteiger charge is 2.22. The fourth-order valence-electron chi connectivity index (χ4n) is 3.70. The third kappa shape index (κ3) is 4.08. The quantitative estimate of drug-likeness (QED) is 0.422. The van der Waals surface area contributed by atoms with Gasteiger partial charge in [-0.25, -0.2) is 4.98 Å². The highest BCUT2D eigenvalue weighted by Crippen LogP contribution is 2.35. The van der Waals surface area contributed by atoms with Gasteiger partial charge in [-0.15, -0.1) is 11.3 Å². The highest BCUT2D eigenvalue weighted by molar-refractivity contribution is 7.99. The van der Waals surface area contributed by atoms with Gasteiger partial charge in [-0.1, -0.05) is 23.4 Å². The summed E-state index contributed by atoms with van der Waals surface area (Å²) in [4.78, 5) is 32.5. The lowest BCUT2D eigenvalue weighted by Gasteiger charge is -2.13. The number of nitrogens with zero attached hydrogens (tertiary/aromatic N) is 2. The number of nitrogens with one attached hydrogen (secondary N) is 1. The fourth-order valence-corrected chi connectivity index (χ4v) is 6.04. The van der Waals surface area contributed by atoms with Crippen LogP contribution in [0.2, 0.25) is 5.02 Å². The zero-order chi connectivity index (χ0) is 21.3. The predicted molar refractivity (Wildman–Crippen MR) is 124 cm³/mol. The molecule has 30 heavy (non-hydrogen) atoms. The number of thioether (sulfide) groups is 1. The monoisotopic (exact) mass is 463 g/mol. The summed E-state index contributed by atoms with van der Waals surface area (Å²) in [5.74, 6) is 0.438. The molecule has 0 atom stereocenters. The van der Waals surface area contributed by atoms with Crippen molar-refractivity contribution in [3.63, 3.8) is 0 Å². The highest BCUT2D eigenvalue weighted by atomic mass is 35.5. The summed E-state index contributed by atoms with van der Waals surface area (Å²) in [6.45, 7) is 2.44. The smallest absolute Gasteiger partial charge is 0.263 e. The number of hydrogen-bond donors (Lipinski definition) is 1. The Balaban J connectivity index is 1.57. The average molecular weight is 464 g/mol. The zero-order valence-electron chi connectivity index (χ0n) is 16.8. The van der Waals surface area contributed by atoms with Gasteiger partial charge in [-0.05, 0) is 56.4 Å². The molecule has 2 aromatic heterocycles. The first-order valence-electron chi connectivity index (χ1n) is 9.83. The van der Waals surface area contributed by atoms with E-state index in [0.29, 0.717) is 28.2 Å². The Bertz CT molecular complexity index is 1170. The normalized spacial score (nSPS) is 13.3. The minimum atomic E-state index is -0.219. The van der Waals surface area contributed by atoms with Gasteiger partial charge in [0, 0.05) is 16.4 Å². The molecule has 0 radical (unpaired) electrons. The third-order valence-electron chi connectivity index (χ3n) is 5.12. The summed E-state index contributed by atoms with van der Waals surface area (Å²) in [6.07, 6.45) is 4.26. The lowest BCUT2D eigenvalue weighted by Crippen LogP contribution is -2.24. The Kier molecular flexibility index (Phi) is 6.36.